The molecule has 78 valence electrons. The van der Waals surface area contributed by atoms with Crippen LogP contribution in [0.1, 0.15) is 10.5 Å². The molecule has 0 aliphatic rings. The maximum absolute atomic E-state index is 11.7. The first-order chi connectivity index (χ1) is 7.08. The summed E-state index contributed by atoms with van der Waals surface area (Å²) in [6, 6.07) is 3.72. The fourth-order valence-corrected chi connectivity index (χ4v) is 1.69. The summed E-state index contributed by atoms with van der Waals surface area (Å²) in [5, 5.41) is 0.926. The van der Waals surface area contributed by atoms with Crippen molar-refractivity contribution in [3.8, 4) is 0 Å². The lowest BCUT2D eigenvalue weighted by Crippen LogP contribution is -2.21. The van der Waals surface area contributed by atoms with Crippen molar-refractivity contribution < 1.29 is 4.79 Å². The molecule has 0 aliphatic carbocycles. The maximum atomic E-state index is 11.7. The van der Waals surface area contributed by atoms with Gasteiger partial charge in [-0.3, -0.25) is 4.79 Å². The van der Waals surface area contributed by atoms with E-state index in [9.17, 15) is 4.79 Å². The van der Waals surface area contributed by atoms with Crippen molar-refractivity contribution in [1.82, 2.24) is 14.9 Å². The Bertz CT molecular complexity index is 518. The predicted octanol–water partition coefficient (Wildman–Crippen LogP) is 2.03. The molecule has 4 nitrogen and oxygen atoms in total. The van der Waals surface area contributed by atoms with E-state index in [1.807, 2.05) is 6.07 Å². The summed E-state index contributed by atoms with van der Waals surface area (Å²) in [7, 11) is 3.44. The fourth-order valence-electron chi connectivity index (χ4n) is 1.34. The number of carbonyl (C=O) groups is 1. The first-order valence-corrected chi connectivity index (χ1v) is 5.23. The molecule has 0 atom stereocenters. The largest absolute Gasteiger partial charge is 0.344 e. The third kappa shape index (κ3) is 1.87. The maximum Gasteiger partial charge on any atom is 0.269 e. The van der Waals surface area contributed by atoms with Crippen LogP contribution in [0.4, 0.5) is 0 Å². The summed E-state index contributed by atoms with van der Waals surface area (Å²) >= 11 is 3.34. The van der Waals surface area contributed by atoms with Crippen LogP contribution in [0, 0.1) is 0 Å². The van der Waals surface area contributed by atoms with E-state index in [0.717, 1.165) is 15.5 Å². The Morgan fingerprint density at radius 2 is 2.20 bits per heavy atom. The Morgan fingerprint density at radius 1 is 1.47 bits per heavy atom. The number of halogens is 1. The lowest BCUT2D eigenvalue weighted by Gasteiger charge is -2.07. The number of nitrogens with zero attached hydrogens (tertiary/aromatic N) is 2. The molecule has 2 aromatic rings. The van der Waals surface area contributed by atoms with Crippen LogP contribution in [0.15, 0.2) is 22.8 Å². The van der Waals surface area contributed by atoms with Crippen molar-refractivity contribution in [2.75, 3.05) is 14.1 Å². The number of pyridine rings is 1. The van der Waals surface area contributed by atoms with Crippen LogP contribution < -0.4 is 0 Å². The van der Waals surface area contributed by atoms with Crippen molar-refractivity contribution in [3.05, 3.63) is 28.5 Å². The molecule has 1 amide bonds. The third-order valence-electron chi connectivity index (χ3n) is 2.07. The van der Waals surface area contributed by atoms with Crippen molar-refractivity contribution in [2.24, 2.45) is 0 Å². The van der Waals surface area contributed by atoms with Gasteiger partial charge in [-0.2, -0.15) is 0 Å². The van der Waals surface area contributed by atoms with Gasteiger partial charge in [0.05, 0.1) is 0 Å². The Kier molecular flexibility index (Phi) is 2.48. The normalized spacial score (nSPS) is 10.6. The van der Waals surface area contributed by atoms with Crippen LogP contribution in [0.5, 0.6) is 0 Å². The number of hydrogen-bond acceptors (Lipinski definition) is 2. The van der Waals surface area contributed by atoms with E-state index in [4.69, 9.17) is 0 Å². The highest BCUT2D eigenvalue weighted by molar-refractivity contribution is 9.10. The molecular formula is C10H10BrN3O. The van der Waals surface area contributed by atoms with Gasteiger partial charge in [0.1, 0.15) is 11.3 Å². The van der Waals surface area contributed by atoms with Crippen LogP contribution in [-0.4, -0.2) is 34.9 Å². The molecule has 5 heteroatoms. The summed E-state index contributed by atoms with van der Waals surface area (Å²) in [5.41, 5.74) is 1.28. The lowest BCUT2D eigenvalue weighted by atomic mass is 10.3. The average Bonchev–Trinajstić information content (AvgIpc) is 2.58. The second-order valence-electron chi connectivity index (χ2n) is 3.47. The summed E-state index contributed by atoms with van der Waals surface area (Å²) in [4.78, 5) is 20.3. The molecule has 0 fully saturated rings. The molecule has 1 N–H and O–H groups in total. The second kappa shape index (κ2) is 3.66. The Labute approximate surface area is 95.4 Å². The number of amides is 1. The molecule has 0 saturated carbocycles. The number of fused-ring (bicyclic) bond motifs is 1. The highest BCUT2D eigenvalue weighted by Crippen LogP contribution is 2.18. The van der Waals surface area contributed by atoms with Gasteiger partial charge in [-0.1, -0.05) is 0 Å². The van der Waals surface area contributed by atoms with E-state index < -0.39 is 0 Å². The summed E-state index contributed by atoms with van der Waals surface area (Å²) in [6.45, 7) is 0. The molecule has 2 rings (SSSR count). The lowest BCUT2D eigenvalue weighted by molar-refractivity contribution is 0.0823. The number of hydrogen-bond donors (Lipinski definition) is 1. The number of carbonyl (C=O) groups excluding carboxylic acids is 1. The standard InChI is InChI=1S/C10H10BrN3O/c1-14(2)10(15)8-4-6-3-7(11)5-12-9(6)13-8/h3-5H,1-2H3,(H,12,13). The zero-order chi connectivity index (χ0) is 11.0. The van der Waals surface area contributed by atoms with E-state index in [0.29, 0.717) is 5.69 Å². The molecule has 2 heterocycles. The molecule has 0 saturated heterocycles. The fraction of sp³-hybridized carbons (Fsp3) is 0.200. The van der Waals surface area contributed by atoms with Gasteiger partial charge < -0.3 is 9.88 Å². The predicted molar refractivity (Wildman–Crippen MR) is 61.8 cm³/mol. The van der Waals surface area contributed by atoms with Crippen LogP contribution in [0.25, 0.3) is 11.0 Å². The van der Waals surface area contributed by atoms with E-state index in [1.54, 1.807) is 26.4 Å². The second-order valence-corrected chi connectivity index (χ2v) is 4.39. The third-order valence-corrected chi connectivity index (χ3v) is 2.51. The van der Waals surface area contributed by atoms with Gasteiger partial charge in [-0.05, 0) is 28.1 Å². The molecule has 0 aromatic carbocycles. The minimum absolute atomic E-state index is 0.0517. The highest BCUT2D eigenvalue weighted by Gasteiger charge is 2.11. The van der Waals surface area contributed by atoms with Gasteiger partial charge in [0.25, 0.3) is 5.91 Å². The van der Waals surface area contributed by atoms with Crippen LogP contribution in [0.2, 0.25) is 0 Å². The van der Waals surface area contributed by atoms with E-state index in [1.165, 1.54) is 4.90 Å². The zero-order valence-electron chi connectivity index (χ0n) is 8.41. The molecule has 2 aromatic heterocycles. The molecule has 0 radical (unpaired) electrons. The van der Waals surface area contributed by atoms with E-state index in [2.05, 4.69) is 25.9 Å². The first-order valence-electron chi connectivity index (χ1n) is 4.44. The number of aromatic nitrogens is 2. The monoisotopic (exact) mass is 267 g/mol. The van der Waals surface area contributed by atoms with Gasteiger partial charge in [0.2, 0.25) is 0 Å². The summed E-state index contributed by atoms with van der Waals surface area (Å²) in [5.74, 6) is -0.0517. The molecular weight excluding hydrogens is 258 g/mol. The summed E-state index contributed by atoms with van der Waals surface area (Å²) in [6.07, 6.45) is 1.70. The number of aromatic amines is 1. The van der Waals surface area contributed by atoms with Crippen molar-refractivity contribution in [2.45, 2.75) is 0 Å². The smallest absolute Gasteiger partial charge is 0.269 e. The first kappa shape index (κ1) is 10.2. The molecule has 0 bridgehead atoms. The topological polar surface area (TPSA) is 49.0 Å². The van der Waals surface area contributed by atoms with E-state index in [-0.39, 0.29) is 5.91 Å². The van der Waals surface area contributed by atoms with Crippen LogP contribution >= 0.6 is 15.9 Å². The average molecular weight is 268 g/mol. The van der Waals surface area contributed by atoms with Gasteiger partial charge in [-0.15, -0.1) is 0 Å². The van der Waals surface area contributed by atoms with Gasteiger partial charge in [0.15, 0.2) is 0 Å². The van der Waals surface area contributed by atoms with Crippen molar-refractivity contribution in [1.29, 1.82) is 0 Å². The number of nitrogens with one attached hydrogen (secondary N) is 1. The molecule has 15 heavy (non-hydrogen) atoms. The molecule has 0 spiro atoms. The van der Waals surface area contributed by atoms with Crippen LogP contribution in [0.3, 0.4) is 0 Å². The van der Waals surface area contributed by atoms with Gasteiger partial charge in [-0.25, -0.2) is 4.98 Å². The SMILES string of the molecule is CN(C)C(=O)c1cc2cc(Br)cnc2[nH]1. The molecule has 0 aliphatic heterocycles. The van der Waals surface area contributed by atoms with Gasteiger partial charge >= 0.3 is 0 Å². The van der Waals surface area contributed by atoms with E-state index >= 15 is 0 Å². The minimum Gasteiger partial charge on any atom is -0.344 e. The van der Waals surface area contributed by atoms with Gasteiger partial charge in [0, 0.05) is 30.2 Å². The number of H-pyrrole nitrogens is 1. The number of rotatable bonds is 1. The molecule has 0 unspecified atom stereocenters. The minimum atomic E-state index is -0.0517. The van der Waals surface area contributed by atoms with Crippen molar-refractivity contribution in [3.63, 3.8) is 0 Å². The summed E-state index contributed by atoms with van der Waals surface area (Å²) < 4.78 is 0.901. The Balaban J connectivity index is 2.52. The quantitative estimate of drug-likeness (QED) is 0.860. The Morgan fingerprint density at radius 3 is 2.87 bits per heavy atom. The zero-order valence-corrected chi connectivity index (χ0v) is 10.00. The Hall–Kier alpha value is -1.36. The van der Waals surface area contributed by atoms with Crippen LogP contribution in [-0.2, 0) is 0 Å². The van der Waals surface area contributed by atoms with Crippen molar-refractivity contribution >= 4 is 32.9 Å². The highest BCUT2D eigenvalue weighted by atomic mass is 79.9.